The molecule has 7 nitrogen and oxygen atoms in total. The fourth-order valence-electron chi connectivity index (χ4n) is 2.89. The highest BCUT2D eigenvalue weighted by Gasteiger charge is 2.38. The van der Waals surface area contributed by atoms with E-state index >= 15 is 0 Å². The first kappa shape index (κ1) is 16.7. The molecule has 0 aliphatic carbocycles. The van der Waals surface area contributed by atoms with E-state index in [2.05, 4.69) is 22.1 Å². The van der Waals surface area contributed by atoms with Crippen molar-refractivity contribution in [2.75, 3.05) is 7.05 Å². The van der Waals surface area contributed by atoms with Gasteiger partial charge in [0.15, 0.2) is 11.7 Å². The second-order valence-electron chi connectivity index (χ2n) is 6.36. The van der Waals surface area contributed by atoms with Crippen LogP contribution in [0.4, 0.5) is 0 Å². The van der Waals surface area contributed by atoms with Crippen molar-refractivity contribution in [3.05, 3.63) is 29.7 Å². The number of ketones is 1. The van der Waals surface area contributed by atoms with E-state index in [0.717, 1.165) is 0 Å². The van der Waals surface area contributed by atoms with Gasteiger partial charge in [0, 0.05) is 25.2 Å². The van der Waals surface area contributed by atoms with Crippen LogP contribution in [0.3, 0.4) is 0 Å². The van der Waals surface area contributed by atoms with Gasteiger partial charge >= 0.3 is 0 Å². The summed E-state index contributed by atoms with van der Waals surface area (Å²) >= 11 is 0. The summed E-state index contributed by atoms with van der Waals surface area (Å²) in [5.74, 6) is 5.32. The van der Waals surface area contributed by atoms with Crippen molar-refractivity contribution in [1.29, 1.82) is 5.41 Å². The Morgan fingerprint density at radius 3 is 3.00 bits per heavy atom. The van der Waals surface area contributed by atoms with Crippen LogP contribution in [0.25, 0.3) is 11.1 Å². The van der Waals surface area contributed by atoms with Gasteiger partial charge in [-0.25, -0.2) is 4.98 Å². The number of rotatable bonds is 3. The van der Waals surface area contributed by atoms with Gasteiger partial charge in [0.25, 0.3) is 0 Å². The highest BCUT2D eigenvalue weighted by molar-refractivity contribution is 6.08. The van der Waals surface area contributed by atoms with Crippen molar-refractivity contribution in [3.63, 3.8) is 0 Å². The van der Waals surface area contributed by atoms with E-state index < -0.39 is 5.54 Å². The van der Waals surface area contributed by atoms with Gasteiger partial charge in [-0.1, -0.05) is 5.92 Å². The van der Waals surface area contributed by atoms with Crippen LogP contribution >= 0.6 is 0 Å². The number of carbonyl (C=O) groups excluding carboxylic acids is 2. The third kappa shape index (κ3) is 3.11. The van der Waals surface area contributed by atoms with E-state index in [-0.39, 0.29) is 30.5 Å². The molecule has 128 valence electrons. The van der Waals surface area contributed by atoms with Gasteiger partial charge in [0.1, 0.15) is 6.26 Å². The van der Waals surface area contributed by atoms with Crippen LogP contribution in [-0.4, -0.2) is 40.1 Å². The Labute approximate surface area is 144 Å². The summed E-state index contributed by atoms with van der Waals surface area (Å²) in [6.07, 6.45) is 3.18. The van der Waals surface area contributed by atoms with Gasteiger partial charge in [-0.3, -0.25) is 19.9 Å². The third-order valence-electron chi connectivity index (χ3n) is 4.22. The summed E-state index contributed by atoms with van der Waals surface area (Å²) in [5, 5.41) is 11.4. The Morgan fingerprint density at radius 1 is 1.56 bits per heavy atom. The number of amides is 1. The average molecular weight is 338 g/mol. The summed E-state index contributed by atoms with van der Waals surface area (Å²) < 4.78 is 5.37. The minimum Gasteiger partial charge on any atom is -0.445 e. The molecule has 1 saturated heterocycles. The molecule has 2 aromatic heterocycles. The molecule has 0 aromatic carbocycles. The molecule has 2 N–H and O–H groups in total. The molecule has 3 rings (SSSR count). The fraction of sp³-hybridized carbons (Fsp3) is 0.333. The highest BCUT2D eigenvalue weighted by atomic mass is 16.3. The van der Waals surface area contributed by atoms with Gasteiger partial charge < -0.3 is 9.73 Å². The molecule has 1 aliphatic heterocycles. The number of Topliss-reactive ketones (excluding diaryl/α,β-unsaturated/α-hetero) is 1. The third-order valence-corrected chi connectivity index (χ3v) is 4.22. The zero-order valence-electron chi connectivity index (χ0n) is 14.3. The summed E-state index contributed by atoms with van der Waals surface area (Å²) in [7, 11) is 1.53. The number of fused-ring (bicyclic) bond motifs is 1. The zero-order chi connectivity index (χ0) is 18.2. The molecule has 0 bridgehead atoms. The molecule has 0 radical (unpaired) electrons. The molecule has 2 aromatic rings. The average Bonchev–Trinajstić information content (AvgIpc) is 2.96. The zero-order valence-corrected chi connectivity index (χ0v) is 14.3. The molecule has 1 atom stereocenters. The maximum atomic E-state index is 12.8. The Kier molecular flexibility index (Phi) is 4.05. The van der Waals surface area contributed by atoms with Crippen molar-refractivity contribution in [2.24, 2.45) is 0 Å². The monoisotopic (exact) mass is 338 g/mol. The Balaban J connectivity index is 1.89. The van der Waals surface area contributed by atoms with Gasteiger partial charge in [0.05, 0.1) is 22.9 Å². The van der Waals surface area contributed by atoms with E-state index in [1.165, 1.54) is 18.2 Å². The van der Waals surface area contributed by atoms with Gasteiger partial charge in [-0.2, -0.15) is 0 Å². The number of guanidine groups is 1. The van der Waals surface area contributed by atoms with Gasteiger partial charge in [0.2, 0.25) is 11.6 Å². The van der Waals surface area contributed by atoms with Gasteiger partial charge in [-0.05, 0) is 19.9 Å². The van der Waals surface area contributed by atoms with Crippen LogP contribution in [0, 0.1) is 17.3 Å². The molecule has 1 amide bonds. The minimum atomic E-state index is -0.810. The van der Waals surface area contributed by atoms with E-state index in [1.54, 1.807) is 26.1 Å². The second kappa shape index (κ2) is 6.06. The van der Waals surface area contributed by atoms with Crippen LogP contribution in [0.15, 0.2) is 22.9 Å². The van der Waals surface area contributed by atoms with E-state index in [9.17, 15) is 9.59 Å². The molecule has 1 fully saturated rings. The van der Waals surface area contributed by atoms with Crippen LogP contribution < -0.4 is 5.32 Å². The summed E-state index contributed by atoms with van der Waals surface area (Å²) in [6, 6.07) is 1.77. The lowest BCUT2D eigenvalue weighted by Crippen LogP contribution is -2.60. The molecule has 25 heavy (non-hydrogen) atoms. The molecule has 0 spiro atoms. The molecule has 0 unspecified atom stereocenters. The number of nitrogens with one attached hydrogen (secondary N) is 2. The summed E-state index contributed by atoms with van der Waals surface area (Å²) in [5.41, 5.74) is 0.667. The molecule has 3 heterocycles. The Morgan fingerprint density at radius 2 is 2.32 bits per heavy atom. The number of aromatic nitrogens is 1. The SMILES string of the molecule is CC#Cc1cnc2occ(C(=O)C[C@]3(C)CC(=O)N(C)C(=N)N3)c2c1. The second-order valence-corrected chi connectivity index (χ2v) is 6.36. The normalized spacial score (nSPS) is 20.2. The maximum absolute atomic E-state index is 12.8. The topological polar surface area (TPSA) is 99.3 Å². The molecule has 0 saturated carbocycles. The lowest BCUT2D eigenvalue weighted by molar-refractivity contribution is -0.129. The number of pyridine rings is 1. The standard InChI is InChI=1S/C18H18N4O3/c1-4-5-11-6-12-13(10-25-16(12)20-9-11)14(23)7-18(2)8-15(24)22(3)17(19)21-18/h6,9-10H,7-8H2,1-3H3,(H2,19,21)/t18-/m1/s1. The number of carbonyl (C=O) groups is 2. The predicted molar refractivity (Wildman–Crippen MR) is 92.2 cm³/mol. The molecule has 7 heteroatoms. The van der Waals surface area contributed by atoms with Gasteiger partial charge in [-0.15, -0.1) is 5.92 Å². The van der Waals surface area contributed by atoms with E-state index in [4.69, 9.17) is 9.83 Å². The quantitative estimate of drug-likeness (QED) is 0.658. The van der Waals surface area contributed by atoms with Crippen molar-refractivity contribution in [1.82, 2.24) is 15.2 Å². The largest absolute Gasteiger partial charge is 0.445 e. The molecule has 1 aliphatic rings. The fourth-order valence-corrected chi connectivity index (χ4v) is 2.89. The van der Waals surface area contributed by atoms with Crippen molar-refractivity contribution in [3.8, 4) is 11.8 Å². The smallest absolute Gasteiger partial charge is 0.231 e. The number of hydrogen-bond acceptors (Lipinski definition) is 5. The first-order valence-corrected chi connectivity index (χ1v) is 7.79. The van der Waals surface area contributed by atoms with E-state index in [1.807, 2.05) is 0 Å². The summed E-state index contributed by atoms with van der Waals surface area (Å²) in [4.78, 5) is 30.2. The Hall–Kier alpha value is -3.14. The van der Waals surface area contributed by atoms with Crippen LogP contribution in [0.1, 0.15) is 42.6 Å². The van der Waals surface area contributed by atoms with Crippen LogP contribution in [0.2, 0.25) is 0 Å². The summed E-state index contributed by atoms with van der Waals surface area (Å²) in [6.45, 7) is 3.49. The first-order chi connectivity index (χ1) is 11.8. The Bertz CT molecular complexity index is 930. The molecular formula is C18H18N4O3. The van der Waals surface area contributed by atoms with Crippen molar-refractivity contribution >= 4 is 28.7 Å². The number of hydrogen-bond donors (Lipinski definition) is 2. The highest BCUT2D eigenvalue weighted by Crippen LogP contribution is 2.27. The lowest BCUT2D eigenvalue weighted by atomic mass is 9.87. The molecular weight excluding hydrogens is 320 g/mol. The predicted octanol–water partition coefficient (Wildman–Crippen LogP) is 1.92. The number of nitrogens with zero attached hydrogens (tertiary/aromatic N) is 2. The van der Waals surface area contributed by atoms with Crippen LogP contribution in [-0.2, 0) is 4.79 Å². The van der Waals surface area contributed by atoms with Crippen LogP contribution in [0.5, 0.6) is 0 Å². The van der Waals surface area contributed by atoms with E-state index in [0.29, 0.717) is 22.2 Å². The lowest BCUT2D eigenvalue weighted by Gasteiger charge is -2.38. The maximum Gasteiger partial charge on any atom is 0.231 e. The van der Waals surface area contributed by atoms with Crippen molar-refractivity contribution in [2.45, 2.75) is 32.2 Å². The van der Waals surface area contributed by atoms with Crippen molar-refractivity contribution < 1.29 is 14.0 Å². The minimum absolute atomic E-state index is 0.00854. The first-order valence-electron chi connectivity index (χ1n) is 7.79. The number of furan rings is 1.